The zero-order valence-electron chi connectivity index (χ0n) is 11.6. The number of nitrogens with two attached hydrogens (primary N) is 1. The number of halogens is 2. The van der Waals surface area contributed by atoms with Crippen LogP contribution in [0.3, 0.4) is 0 Å². The third-order valence-corrected chi connectivity index (χ3v) is 3.72. The van der Waals surface area contributed by atoms with Crippen molar-refractivity contribution in [2.45, 2.75) is 20.3 Å². The lowest BCUT2D eigenvalue weighted by Crippen LogP contribution is -2.19. The molecule has 0 aliphatic rings. The topological polar surface area (TPSA) is 81.8 Å². The van der Waals surface area contributed by atoms with Crippen molar-refractivity contribution in [3.63, 3.8) is 0 Å². The summed E-state index contributed by atoms with van der Waals surface area (Å²) in [7, 11) is 0. The number of aromatic nitrogens is 3. The van der Waals surface area contributed by atoms with Gasteiger partial charge in [0.2, 0.25) is 0 Å². The minimum Gasteiger partial charge on any atom is -0.382 e. The maximum absolute atomic E-state index is 10.9. The maximum Gasteiger partial charge on any atom is 0.154 e. The predicted octanol–water partition coefficient (Wildman–Crippen LogP) is 3.20. The summed E-state index contributed by atoms with van der Waals surface area (Å²) in [5.41, 5.74) is 6.31. The van der Waals surface area contributed by atoms with Crippen LogP contribution in [0.5, 0.6) is 0 Å². The van der Waals surface area contributed by atoms with E-state index in [1.165, 1.54) is 0 Å². The molecule has 0 aliphatic carbocycles. The number of aldehydes is 1. The van der Waals surface area contributed by atoms with Gasteiger partial charge in [-0.05, 0) is 6.07 Å². The van der Waals surface area contributed by atoms with Crippen molar-refractivity contribution in [3.05, 3.63) is 34.1 Å². The molecule has 1 aromatic heterocycles. The summed E-state index contributed by atoms with van der Waals surface area (Å²) >= 11 is 12.1. The highest BCUT2D eigenvalue weighted by Crippen LogP contribution is 2.34. The fourth-order valence-corrected chi connectivity index (χ4v) is 2.17. The minimum atomic E-state index is -0.566. The quantitative estimate of drug-likeness (QED) is 0.873. The highest BCUT2D eigenvalue weighted by Gasteiger charge is 2.21. The molecule has 0 saturated heterocycles. The number of rotatable bonds is 4. The molecule has 2 rings (SSSR count). The summed E-state index contributed by atoms with van der Waals surface area (Å²) in [6.07, 6.45) is 1.21. The number of carbonyl (C=O) groups excluding carboxylic acids is 1. The van der Waals surface area contributed by atoms with Gasteiger partial charge in [0.05, 0.1) is 10.0 Å². The van der Waals surface area contributed by atoms with Gasteiger partial charge in [-0.15, -0.1) is 10.2 Å². The van der Waals surface area contributed by atoms with Crippen LogP contribution in [0.2, 0.25) is 10.0 Å². The summed E-state index contributed by atoms with van der Waals surface area (Å²) in [6.45, 7) is 3.59. The second-order valence-electron chi connectivity index (χ2n) is 5.35. The van der Waals surface area contributed by atoms with Gasteiger partial charge >= 0.3 is 0 Å². The molecular weight excluding hydrogens is 311 g/mol. The lowest BCUT2D eigenvalue weighted by atomic mass is 9.91. The molecule has 1 aromatic carbocycles. The number of nitrogen functional groups attached to an aromatic ring is 1. The van der Waals surface area contributed by atoms with E-state index in [4.69, 9.17) is 28.9 Å². The van der Waals surface area contributed by atoms with Gasteiger partial charge in [0.25, 0.3) is 0 Å². The van der Waals surface area contributed by atoms with Crippen molar-refractivity contribution in [1.82, 2.24) is 15.2 Å². The third kappa shape index (κ3) is 3.49. The van der Waals surface area contributed by atoms with Crippen LogP contribution < -0.4 is 5.73 Å². The molecule has 0 fully saturated rings. The van der Waals surface area contributed by atoms with Crippen molar-refractivity contribution in [1.29, 1.82) is 0 Å². The molecule has 1 heterocycles. The lowest BCUT2D eigenvalue weighted by molar-refractivity contribution is -0.114. The Labute approximate surface area is 132 Å². The first-order chi connectivity index (χ1) is 9.84. The number of benzene rings is 1. The molecule has 5 nitrogen and oxygen atoms in total. The van der Waals surface area contributed by atoms with Crippen molar-refractivity contribution in [3.8, 4) is 11.3 Å². The first-order valence-corrected chi connectivity index (χ1v) is 6.99. The smallest absolute Gasteiger partial charge is 0.154 e. The van der Waals surface area contributed by atoms with E-state index in [0.717, 1.165) is 6.29 Å². The first kappa shape index (κ1) is 15.7. The van der Waals surface area contributed by atoms with Crippen LogP contribution in [0.1, 0.15) is 19.7 Å². The van der Waals surface area contributed by atoms with Gasteiger partial charge in [-0.2, -0.15) is 0 Å². The van der Waals surface area contributed by atoms with Crippen LogP contribution in [-0.4, -0.2) is 21.5 Å². The molecule has 0 radical (unpaired) electrons. The van der Waals surface area contributed by atoms with Crippen LogP contribution in [-0.2, 0) is 11.2 Å². The Morgan fingerprint density at radius 2 is 2.00 bits per heavy atom. The fraction of sp³-hybridized carbons (Fsp3) is 0.286. The normalized spacial score (nSPS) is 11.4. The van der Waals surface area contributed by atoms with Crippen LogP contribution in [0.15, 0.2) is 18.2 Å². The van der Waals surface area contributed by atoms with E-state index in [-0.39, 0.29) is 5.82 Å². The predicted molar refractivity (Wildman–Crippen MR) is 83.2 cm³/mol. The van der Waals surface area contributed by atoms with Crippen LogP contribution in [0, 0.1) is 5.41 Å². The number of hydrogen-bond acceptors (Lipinski definition) is 5. The molecule has 21 heavy (non-hydrogen) atoms. The van der Waals surface area contributed by atoms with Crippen molar-refractivity contribution in [2.75, 3.05) is 5.73 Å². The Kier molecular flexibility index (Phi) is 4.44. The molecular formula is C14H14Cl2N4O. The van der Waals surface area contributed by atoms with E-state index in [2.05, 4.69) is 15.2 Å². The van der Waals surface area contributed by atoms with Crippen LogP contribution in [0.25, 0.3) is 11.3 Å². The average Bonchev–Trinajstić information content (AvgIpc) is 2.42. The second kappa shape index (κ2) is 5.95. The van der Waals surface area contributed by atoms with E-state index in [9.17, 15) is 4.79 Å². The summed E-state index contributed by atoms with van der Waals surface area (Å²) in [5, 5.41) is 8.84. The molecule has 0 aliphatic heterocycles. The number of carbonyl (C=O) groups is 1. The summed E-state index contributed by atoms with van der Waals surface area (Å²) < 4.78 is 0. The summed E-state index contributed by atoms with van der Waals surface area (Å²) in [6, 6.07) is 5.16. The van der Waals surface area contributed by atoms with Crippen LogP contribution >= 0.6 is 23.2 Å². The summed E-state index contributed by atoms with van der Waals surface area (Å²) in [5.74, 6) is 0.609. The van der Waals surface area contributed by atoms with E-state index < -0.39 is 5.41 Å². The van der Waals surface area contributed by atoms with E-state index in [0.29, 0.717) is 33.5 Å². The Hall–Kier alpha value is -1.72. The maximum atomic E-state index is 10.9. The minimum absolute atomic E-state index is 0.200. The van der Waals surface area contributed by atoms with Crippen molar-refractivity contribution in [2.24, 2.45) is 5.41 Å². The number of hydrogen-bond donors (Lipinski definition) is 1. The zero-order chi connectivity index (χ0) is 15.6. The molecule has 0 amide bonds. The molecule has 0 saturated carbocycles. The van der Waals surface area contributed by atoms with E-state index >= 15 is 0 Å². The SMILES string of the molecule is CC(C)(C=O)Cc1nnc(-c2cccc(Cl)c2Cl)c(N)n1. The van der Waals surface area contributed by atoms with Crippen molar-refractivity contribution < 1.29 is 4.79 Å². The number of anilines is 1. The first-order valence-electron chi connectivity index (χ1n) is 6.24. The van der Waals surface area contributed by atoms with Gasteiger partial charge in [-0.3, -0.25) is 0 Å². The standard InChI is InChI=1S/C14H14Cl2N4O/c1-14(2,7-21)6-10-18-13(17)12(20-19-10)8-4-3-5-9(15)11(8)16/h3-5,7H,6H2,1-2H3,(H2,17,18,19). The Bertz CT molecular complexity index is 689. The average molecular weight is 325 g/mol. The zero-order valence-corrected chi connectivity index (χ0v) is 13.1. The third-order valence-electron chi connectivity index (χ3n) is 2.90. The highest BCUT2D eigenvalue weighted by atomic mass is 35.5. The fourth-order valence-electron chi connectivity index (χ4n) is 1.78. The molecule has 0 bridgehead atoms. The Balaban J connectivity index is 2.40. The van der Waals surface area contributed by atoms with Gasteiger partial charge in [0.15, 0.2) is 11.6 Å². The highest BCUT2D eigenvalue weighted by molar-refractivity contribution is 6.43. The van der Waals surface area contributed by atoms with Gasteiger partial charge in [0, 0.05) is 17.4 Å². The molecule has 2 aromatic rings. The molecule has 0 spiro atoms. The largest absolute Gasteiger partial charge is 0.382 e. The van der Waals surface area contributed by atoms with Crippen molar-refractivity contribution >= 4 is 35.3 Å². The van der Waals surface area contributed by atoms with E-state index in [1.54, 1.807) is 32.0 Å². The molecule has 0 unspecified atom stereocenters. The van der Waals surface area contributed by atoms with Gasteiger partial charge in [-0.25, -0.2) is 4.98 Å². The molecule has 2 N–H and O–H groups in total. The Morgan fingerprint density at radius 1 is 1.29 bits per heavy atom. The van der Waals surface area contributed by atoms with Crippen LogP contribution in [0.4, 0.5) is 5.82 Å². The van der Waals surface area contributed by atoms with E-state index in [1.807, 2.05) is 0 Å². The van der Waals surface area contributed by atoms with Gasteiger partial charge < -0.3 is 10.5 Å². The molecule has 110 valence electrons. The lowest BCUT2D eigenvalue weighted by Gasteiger charge is -2.15. The summed E-state index contributed by atoms with van der Waals surface area (Å²) in [4.78, 5) is 15.1. The number of nitrogens with zero attached hydrogens (tertiary/aromatic N) is 3. The molecule has 0 atom stereocenters. The monoisotopic (exact) mass is 324 g/mol. The van der Waals surface area contributed by atoms with Gasteiger partial charge in [-0.1, -0.05) is 49.2 Å². The second-order valence-corrected chi connectivity index (χ2v) is 6.13. The van der Waals surface area contributed by atoms with Gasteiger partial charge in [0.1, 0.15) is 12.0 Å². The Morgan fingerprint density at radius 3 is 2.62 bits per heavy atom. The molecule has 7 heteroatoms.